The van der Waals surface area contributed by atoms with Crippen molar-refractivity contribution in [3.63, 3.8) is 0 Å². The standard InChI is InChI=1S/C24H24ClN3O3/c1-28(2)21-14-8-17(9-15-21)16-26-23(29)22(18-6-4-3-5-7-18)31-24(30)27-20-12-10-19(25)11-13-20/h3-15,22H,16H2,1-2H3,(H,26,29)(H,27,30)/t22-/m1/s1. The van der Waals surface area contributed by atoms with Gasteiger partial charge in [-0.25, -0.2) is 4.79 Å². The van der Waals surface area contributed by atoms with Crippen LogP contribution in [0.15, 0.2) is 78.9 Å². The summed E-state index contributed by atoms with van der Waals surface area (Å²) >= 11 is 5.86. The zero-order valence-corrected chi connectivity index (χ0v) is 18.1. The van der Waals surface area contributed by atoms with E-state index in [9.17, 15) is 9.59 Å². The van der Waals surface area contributed by atoms with E-state index in [4.69, 9.17) is 16.3 Å². The van der Waals surface area contributed by atoms with Gasteiger partial charge in [0.05, 0.1) is 0 Å². The van der Waals surface area contributed by atoms with Crippen LogP contribution in [0.3, 0.4) is 0 Å². The van der Waals surface area contributed by atoms with Crippen molar-refractivity contribution in [1.29, 1.82) is 0 Å². The quantitative estimate of drug-likeness (QED) is 0.545. The molecule has 0 aliphatic rings. The summed E-state index contributed by atoms with van der Waals surface area (Å²) in [6.45, 7) is 0.317. The molecule has 0 heterocycles. The number of amides is 2. The lowest BCUT2D eigenvalue weighted by molar-refractivity contribution is -0.129. The summed E-state index contributed by atoms with van der Waals surface area (Å²) in [5, 5.41) is 6.01. The summed E-state index contributed by atoms with van der Waals surface area (Å²) in [5.41, 5.74) is 3.10. The Morgan fingerprint density at radius 1 is 0.935 bits per heavy atom. The van der Waals surface area contributed by atoms with Gasteiger partial charge in [0.15, 0.2) is 0 Å². The highest BCUT2D eigenvalue weighted by molar-refractivity contribution is 6.30. The molecule has 0 fully saturated rings. The Morgan fingerprint density at radius 2 is 1.58 bits per heavy atom. The van der Waals surface area contributed by atoms with Crippen LogP contribution < -0.4 is 15.5 Å². The maximum absolute atomic E-state index is 12.9. The first-order valence-corrected chi connectivity index (χ1v) is 10.1. The van der Waals surface area contributed by atoms with Crippen LogP contribution in [0.5, 0.6) is 0 Å². The average molecular weight is 438 g/mol. The number of nitrogens with zero attached hydrogens (tertiary/aromatic N) is 1. The van der Waals surface area contributed by atoms with E-state index < -0.39 is 18.1 Å². The SMILES string of the molecule is CN(C)c1ccc(CNC(=O)[C@H](OC(=O)Nc2ccc(Cl)cc2)c2ccccc2)cc1. The number of nitrogens with one attached hydrogen (secondary N) is 2. The molecule has 0 aromatic heterocycles. The largest absolute Gasteiger partial charge is 0.431 e. The highest BCUT2D eigenvalue weighted by Gasteiger charge is 2.25. The molecule has 3 aromatic carbocycles. The number of anilines is 2. The summed E-state index contributed by atoms with van der Waals surface area (Å²) in [5.74, 6) is -0.408. The number of hydrogen-bond acceptors (Lipinski definition) is 4. The summed E-state index contributed by atoms with van der Waals surface area (Å²) in [6, 6.07) is 23.3. The Bertz CT molecular complexity index is 1010. The minimum atomic E-state index is -1.09. The molecule has 1 atom stereocenters. The van der Waals surface area contributed by atoms with Crippen molar-refractivity contribution in [3.05, 3.63) is 95.0 Å². The second-order valence-corrected chi connectivity index (χ2v) is 7.54. The van der Waals surface area contributed by atoms with Crippen molar-refractivity contribution < 1.29 is 14.3 Å². The van der Waals surface area contributed by atoms with Crippen LogP contribution in [0.1, 0.15) is 17.2 Å². The number of ether oxygens (including phenoxy) is 1. The normalized spacial score (nSPS) is 11.3. The lowest BCUT2D eigenvalue weighted by Gasteiger charge is -2.19. The molecule has 0 spiro atoms. The van der Waals surface area contributed by atoms with Crippen LogP contribution in [0.4, 0.5) is 16.2 Å². The van der Waals surface area contributed by atoms with E-state index in [1.54, 1.807) is 48.5 Å². The monoisotopic (exact) mass is 437 g/mol. The molecule has 160 valence electrons. The van der Waals surface area contributed by atoms with Gasteiger partial charge in [-0.15, -0.1) is 0 Å². The number of carbonyl (C=O) groups is 2. The van der Waals surface area contributed by atoms with Crippen LogP contribution >= 0.6 is 11.6 Å². The van der Waals surface area contributed by atoms with Crippen LogP contribution in [-0.2, 0) is 16.1 Å². The van der Waals surface area contributed by atoms with E-state index in [0.717, 1.165) is 11.3 Å². The summed E-state index contributed by atoms with van der Waals surface area (Å²) in [4.78, 5) is 27.3. The molecule has 0 unspecified atom stereocenters. The molecular weight excluding hydrogens is 414 g/mol. The summed E-state index contributed by atoms with van der Waals surface area (Å²) < 4.78 is 5.47. The summed E-state index contributed by atoms with van der Waals surface area (Å²) in [6.07, 6.45) is -1.82. The van der Waals surface area contributed by atoms with Crippen molar-refractivity contribution in [2.75, 3.05) is 24.3 Å². The molecule has 0 aliphatic carbocycles. The minimum Gasteiger partial charge on any atom is -0.431 e. The van der Waals surface area contributed by atoms with Gasteiger partial charge in [0.1, 0.15) is 0 Å². The van der Waals surface area contributed by atoms with Gasteiger partial charge < -0.3 is 15.0 Å². The molecule has 3 rings (SSSR count). The molecule has 6 nitrogen and oxygen atoms in total. The number of halogens is 1. The fourth-order valence-corrected chi connectivity index (χ4v) is 3.01. The molecule has 7 heteroatoms. The fraction of sp³-hybridized carbons (Fsp3) is 0.167. The maximum Gasteiger partial charge on any atom is 0.412 e. The van der Waals surface area contributed by atoms with Crippen molar-refractivity contribution in [2.24, 2.45) is 0 Å². The fourth-order valence-electron chi connectivity index (χ4n) is 2.88. The third-order valence-corrected chi connectivity index (χ3v) is 4.83. The molecule has 0 saturated carbocycles. The van der Waals surface area contributed by atoms with Crippen molar-refractivity contribution >= 4 is 35.0 Å². The predicted molar refractivity (Wildman–Crippen MR) is 123 cm³/mol. The van der Waals surface area contributed by atoms with Gasteiger partial charge in [-0.05, 0) is 42.0 Å². The molecule has 0 saturated heterocycles. The Labute approximate surface area is 186 Å². The number of benzene rings is 3. The lowest BCUT2D eigenvalue weighted by atomic mass is 10.1. The van der Waals surface area contributed by atoms with Crippen LogP contribution in [-0.4, -0.2) is 26.1 Å². The number of carbonyl (C=O) groups excluding carboxylic acids is 2. The predicted octanol–water partition coefficient (Wildman–Crippen LogP) is 5.01. The highest BCUT2D eigenvalue weighted by Crippen LogP contribution is 2.20. The molecule has 0 bridgehead atoms. The molecule has 2 amide bonds. The first-order valence-electron chi connectivity index (χ1n) is 9.74. The molecule has 0 aliphatic heterocycles. The topological polar surface area (TPSA) is 70.7 Å². The van der Waals surface area contributed by atoms with E-state index in [0.29, 0.717) is 22.8 Å². The first kappa shape index (κ1) is 22.2. The molecule has 2 N–H and O–H groups in total. The van der Waals surface area contributed by atoms with Crippen LogP contribution in [0.25, 0.3) is 0 Å². The zero-order valence-electron chi connectivity index (χ0n) is 17.3. The average Bonchev–Trinajstić information content (AvgIpc) is 2.78. The van der Waals surface area contributed by atoms with Crippen molar-refractivity contribution in [3.8, 4) is 0 Å². The summed E-state index contributed by atoms with van der Waals surface area (Å²) in [7, 11) is 3.93. The van der Waals surface area contributed by atoms with E-state index in [2.05, 4.69) is 10.6 Å². The second kappa shape index (κ2) is 10.5. The third-order valence-electron chi connectivity index (χ3n) is 4.58. The van der Waals surface area contributed by atoms with Crippen LogP contribution in [0, 0.1) is 0 Å². The Balaban J connectivity index is 1.67. The minimum absolute atomic E-state index is 0.317. The van der Waals surface area contributed by atoms with Gasteiger partial charge in [-0.3, -0.25) is 10.1 Å². The van der Waals surface area contributed by atoms with Crippen LogP contribution in [0.2, 0.25) is 5.02 Å². The van der Waals surface area contributed by atoms with E-state index in [-0.39, 0.29) is 0 Å². The molecule has 0 radical (unpaired) electrons. The Kier molecular flexibility index (Phi) is 7.51. The lowest BCUT2D eigenvalue weighted by Crippen LogP contribution is -2.32. The van der Waals surface area contributed by atoms with E-state index >= 15 is 0 Å². The van der Waals surface area contributed by atoms with Gasteiger partial charge in [-0.2, -0.15) is 0 Å². The van der Waals surface area contributed by atoms with Crippen molar-refractivity contribution in [1.82, 2.24) is 5.32 Å². The van der Waals surface area contributed by atoms with E-state index in [1.807, 2.05) is 49.3 Å². The Morgan fingerprint density at radius 3 is 2.19 bits per heavy atom. The van der Waals surface area contributed by atoms with E-state index in [1.165, 1.54) is 0 Å². The zero-order chi connectivity index (χ0) is 22.2. The number of rotatable bonds is 7. The third kappa shape index (κ3) is 6.49. The van der Waals surface area contributed by atoms with Crippen molar-refractivity contribution in [2.45, 2.75) is 12.6 Å². The van der Waals surface area contributed by atoms with Gasteiger partial charge in [0, 0.05) is 42.6 Å². The number of hydrogen-bond donors (Lipinski definition) is 2. The molecular formula is C24H24ClN3O3. The first-order chi connectivity index (χ1) is 14.9. The van der Waals surface area contributed by atoms with Gasteiger partial charge in [-0.1, -0.05) is 54.1 Å². The maximum atomic E-state index is 12.9. The highest BCUT2D eigenvalue weighted by atomic mass is 35.5. The second-order valence-electron chi connectivity index (χ2n) is 7.11. The van der Waals surface area contributed by atoms with Gasteiger partial charge in [0.25, 0.3) is 5.91 Å². The van der Waals surface area contributed by atoms with Gasteiger partial charge >= 0.3 is 6.09 Å². The molecule has 31 heavy (non-hydrogen) atoms. The smallest absolute Gasteiger partial charge is 0.412 e. The molecule has 3 aromatic rings. The Hall–Kier alpha value is -3.51. The van der Waals surface area contributed by atoms with Gasteiger partial charge in [0.2, 0.25) is 6.10 Å².